The molecular formula is C15H30N2. The molecule has 100 valence electrons. The smallest absolute Gasteiger partial charge is 0.0309 e. The van der Waals surface area contributed by atoms with Gasteiger partial charge in [-0.25, -0.2) is 0 Å². The molecule has 1 aliphatic heterocycles. The quantitative estimate of drug-likeness (QED) is 0.765. The molecule has 0 aromatic carbocycles. The number of nitrogens with one attached hydrogen (secondary N) is 1. The third-order valence-corrected chi connectivity index (χ3v) is 4.68. The predicted molar refractivity (Wildman–Crippen MR) is 74.3 cm³/mol. The van der Waals surface area contributed by atoms with Crippen LogP contribution in [-0.2, 0) is 0 Å². The summed E-state index contributed by atoms with van der Waals surface area (Å²) in [5, 5.41) is 3.79. The molecule has 2 aliphatic rings. The summed E-state index contributed by atoms with van der Waals surface area (Å²) in [7, 11) is 2.33. The fourth-order valence-electron chi connectivity index (χ4n) is 3.99. The Bertz CT molecular complexity index is 215. The lowest BCUT2D eigenvalue weighted by molar-refractivity contribution is 0.191. The van der Waals surface area contributed by atoms with Crippen LogP contribution in [0.2, 0.25) is 0 Å². The summed E-state index contributed by atoms with van der Waals surface area (Å²) in [5.74, 6) is 0.986. The van der Waals surface area contributed by atoms with Crippen LogP contribution in [0.1, 0.15) is 58.3 Å². The Kier molecular flexibility index (Phi) is 4.87. The van der Waals surface area contributed by atoms with E-state index in [-0.39, 0.29) is 0 Å². The van der Waals surface area contributed by atoms with Crippen LogP contribution in [-0.4, -0.2) is 37.1 Å². The van der Waals surface area contributed by atoms with Gasteiger partial charge in [0.2, 0.25) is 0 Å². The summed E-state index contributed by atoms with van der Waals surface area (Å²) >= 11 is 0. The largest absolute Gasteiger partial charge is 0.310 e. The molecule has 0 bridgehead atoms. The maximum Gasteiger partial charge on any atom is 0.0309 e. The van der Waals surface area contributed by atoms with Crippen LogP contribution in [0.4, 0.5) is 0 Å². The van der Waals surface area contributed by atoms with Crippen molar-refractivity contribution in [2.75, 3.05) is 26.7 Å². The minimum absolute atomic E-state index is 0.447. The van der Waals surface area contributed by atoms with Gasteiger partial charge in [-0.15, -0.1) is 0 Å². The average molecular weight is 238 g/mol. The highest BCUT2D eigenvalue weighted by Crippen LogP contribution is 2.28. The van der Waals surface area contributed by atoms with E-state index in [0.29, 0.717) is 5.54 Å². The number of hydrogen-bond acceptors (Lipinski definition) is 2. The number of likely N-dealkylation sites (N-methyl/N-ethyl adjacent to an activating group) is 1. The van der Waals surface area contributed by atoms with Crippen molar-refractivity contribution in [2.24, 2.45) is 5.92 Å². The molecule has 2 rings (SSSR count). The molecule has 1 atom stereocenters. The molecule has 1 saturated carbocycles. The third kappa shape index (κ3) is 3.69. The molecule has 0 aromatic rings. The van der Waals surface area contributed by atoms with Gasteiger partial charge in [0.25, 0.3) is 0 Å². The molecule has 17 heavy (non-hydrogen) atoms. The third-order valence-electron chi connectivity index (χ3n) is 4.68. The molecule has 1 aliphatic carbocycles. The Balaban J connectivity index is 1.80. The van der Waals surface area contributed by atoms with Crippen LogP contribution in [0.3, 0.4) is 0 Å². The van der Waals surface area contributed by atoms with Crippen molar-refractivity contribution >= 4 is 0 Å². The zero-order valence-corrected chi connectivity index (χ0v) is 11.8. The predicted octanol–water partition coefficient (Wildman–Crippen LogP) is 3.03. The second-order valence-electron chi connectivity index (χ2n) is 6.41. The van der Waals surface area contributed by atoms with Crippen molar-refractivity contribution in [1.82, 2.24) is 10.2 Å². The highest BCUT2D eigenvalue weighted by Gasteiger charge is 2.33. The summed E-state index contributed by atoms with van der Waals surface area (Å²) in [6, 6.07) is 0. The minimum Gasteiger partial charge on any atom is -0.310 e. The van der Waals surface area contributed by atoms with E-state index in [1.165, 1.54) is 71.0 Å². The Hall–Kier alpha value is -0.0800. The summed E-state index contributed by atoms with van der Waals surface area (Å²) in [6.45, 7) is 6.14. The Morgan fingerprint density at radius 2 is 2.00 bits per heavy atom. The monoisotopic (exact) mass is 238 g/mol. The molecule has 1 N–H and O–H groups in total. The first-order chi connectivity index (χ1) is 8.24. The number of hydrogen-bond donors (Lipinski definition) is 1. The molecule has 1 saturated heterocycles. The Labute approximate surface area is 107 Å². The van der Waals surface area contributed by atoms with Gasteiger partial charge in [0.05, 0.1) is 0 Å². The lowest BCUT2D eigenvalue weighted by atomic mass is 9.91. The zero-order valence-electron chi connectivity index (χ0n) is 11.8. The lowest BCUT2D eigenvalue weighted by Gasteiger charge is -2.35. The van der Waals surface area contributed by atoms with E-state index in [1.807, 2.05) is 0 Å². The average Bonchev–Trinajstić information content (AvgIpc) is 2.90. The standard InChI is InChI=1S/C15H30N2/c1-3-9-15(10-6-11-16-15)13-17(2)12-14-7-4-5-8-14/h14,16H,3-13H2,1-2H3. The first-order valence-corrected chi connectivity index (χ1v) is 7.68. The van der Waals surface area contributed by atoms with E-state index in [1.54, 1.807) is 0 Å². The first-order valence-electron chi connectivity index (χ1n) is 7.68. The SMILES string of the molecule is CCCC1(CN(C)CC2CCCC2)CCCN1. The molecule has 0 amide bonds. The van der Waals surface area contributed by atoms with Gasteiger partial charge in [-0.1, -0.05) is 26.2 Å². The van der Waals surface area contributed by atoms with Crippen LogP contribution < -0.4 is 5.32 Å². The number of nitrogens with zero attached hydrogens (tertiary/aromatic N) is 1. The van der Waals surface area contributed by atoms with E-state index in [4.69, 9.17) is 0 Å². The summed E-state index contributed by atoms with van der Waals surface area (Å²) in [6.07, 6.45) is 11.3. The second kappa shape index (κ2) is 6.19. The normalized spacial score (nSPS) is 30.5. The van der Waals surface area contributed by atoms with Gasteiger partial charge < -0.3 is 10.2 Å². The van der Waals surface area contributed by atoms with E-state index in [2.05, 4.69) is 24.2 Å². The van der Waals surface area contributed by atoms with Crippen molar-refractivity contribution in [3.8, 4) is 0 Å². The summed E-state index contributed by atoms with van der Waals surface area (Å²) in [5.41, 5.74) is 0.447. The van der Waals surface area contributed by atoms with Crippen molar-refractivity contribution in [3.63, 3.8) is 0 Å². The van der Waals surface area contributed by atoms with Gasteiger partial charge in [0.1, 0.15) is 0 Å². The molecule has 1 unspecified atom stereocenters. The van der Waals surface area contributed by atoms with E-state index < -0.39 is 0 Å². The highest BCUT2D eigenvalue weighted by molar-refractivity contribution is 4.95. The minimum atomic E-state index is 0.447. The fraction of sp³-hybridized carbons (Fsp3) is 1.00. The Morgan fingerprint density at radius 3 is 2.59 bits per heavy atom. The van der Waals surface area contributed by atoms with Crippen LogP contribution >= 0.6 is 0 Å². The molecule has 0 radical (unpaired) electrons. The molecule has 0 spiro atoms. The van der Waals surface area contributed by atoms with E-state index >= 15 is 0 Å². The van der Waals surface area contributed by atoms with Crippen LogP contribution in [0.15, 0.2) is 0 Å². The summed E-state index contributed by atoms with van der Waals surface area (Å²) in [4.78, 5) is 2.60. The molecule has 1 heterocycles. The highest BCUT2D eigenvalue weighted by atomic mass is 15.2. The van der Waals surface area contributed by atoms with Gasteiger partial charge in [-0.05, 0) is 51.6 Å². The lowest BCUT2D eigenvalue weighted by Crippen LogP contribution is -2.49. The van der Waals surface area contributed by atoms with E-state index in [9.17, 15) is 0 Å². The Morgan fingerprint density at radius 1 is 1.24 bits per heavy atom. The molecule has 2 nitrogen and oxygen atoms in total. The maximum atomic E-state index is 3.79. The van der Waals surface area contributed by atoms with Crippen LogP contribution in [0.25, 0.3) is 0 Å². The topological polar surface area (TPSA) is 15.3 Å². The van der Waals surface area contributed by atoms with Gasteiger partial charge in [-0.3, -0.25) is 0 Å². The molecule has 0 aromatic heterocycles. The van der Waals surface area contributed by atoms with Gasteiger partial charge in [-0.2, -0.15) is 0 Å². The van der Waals surface area contributed by atoms with Crippen molar-refractivity contribution in [3.05, 3.63) is 0 Å². The first kappa shape index (κ1) is 13.4. The van der Waals surface area contributed by atoms with Crippen molar-refractivity contribution < 1.29 is 0 Å². The fourth-order valence-corrected chi connectivity index (χ4v) is 3.99. The second-order valence-corrected chi connectivity index (χ2v) is 6.41. The summed E-state index contributed by atoms with van der Waals surface area (Å²) < 4.78 is 0. The molecular weight excluding hydrogens is 208 g/mol. The zero-order chi connectivity index (χ0) is 12.1. The molecule has 2 fully saturated rings. The molecule has 2 heteroatoms. The van der Waals surface area contributed by atoms with Crippen molar-refractivity contribution in [1.29, 1.82) is 0 Å². The maximum absolute atomic E-state index is 3.79. The number of rotatable bonds is 6. The van der Waals surface area contributed by atoms with E-state index in [0.717, 1.165) is 5.92 Å². The van der Waals surface area contributed by atoms with Crippen LogP contribution in [0.5, 0.6) is 0 Å². The van der Waals surface area contributed by atoms with Crippen molar-refractivity contribution in [2.45, 2.75) is 63.8 Å². The van der Waals surface area contributed by atoms with Gasteiger partial charge in [0, 0.05) is 18.6 Å². The van der Waals surface area contributed by atoms with Gasteiger partial charge in [0.15, 0.2) is 0 Å². The van der Waals surface area contributed by atoms with Gasteiger partial charge >= 0.3 is 0 Å². The van der Waals surface area contributed by atoms with Crippen LogP contribution in [0, 0.1) is 5.92 Å².